The first kappa shape index (κ1) is 5.66. The molecule has 0 amide bonds. The summed E-state index contributed by atoms with van der Waals surface area (Å²) in [6.07, 6.45) is 2.62. The summed E-state index contributed by atoms with van der Waals surface area (Å²) < 4.78 is 12.6. The van der Waals surface area contributed by atoms with Crippen molar-refractivity contribution in [1.29, 1.82) is 0 Å². The first-order valence-corrected chi connectivity index (χ1v) is 3.68. The van der Waals surface area contributed by atoms with E-state index in [4.69, 9.17) is 0 Å². The lowest BCUT2D eigenvalue weighted by atomic mass is 9.97. The average Bonchev–Trinajstić information content (AvgIpc) is 2.44. The highest BCUT2D eigenvalue weighted by Crippen LogP contribution is 2.52. The maximum absolute atomic E-state index is 12.6. The van der Waals surface area contributed by atoms with Gasteiger partial charge in [0.25, 0.3) is 0 Å². The summed E-state index contributed by atoms with van der Waals surface area (Å²) in [5.41, 5.74) is 0.109. The first-order valence-electron chi connectivity index (χ1n) is 3.68. The third-order valence-corrected chi connectivity index (χ3v) is 2.60. The van der Waals surface area contributed by atoms with Gasteiger partial charge in [-0.05, 0) is 25.8 Å². The van der Waals surface area contributed by atoms with Crippen molar-refractivity contribution >= 4 is 0 Å². The van der Waals surface area contributed by atoms with Crippen LogP contribution < -0.4 is 5.32 Å². The van der Waals surface area contributed by atoms with E-state index in [0.29, 0.717) is 0 Å². The third-order valence-electron chi connectivity index (χ3n) is 2.60. The van der Waals surface area contributed by atoms with Crippen LogP contribution >= 0.6 is 0 Å². The van der Waals surface area contributed by atoms with Crippen LogP contribution in [0, 0.1) is 5.41 Å². The van der Waals surface area contributed by atoms with Crippen LogP contribution in [0.15, 0.2) is 0 Å². The maximum atomic E-state index is 12.6. The van der Waals surface area contributed by atoms with Gasteiger partial charge in [0, 0.05) is 12.0 Å². The van der Waals surface area contributed by atoms with Crippen molar-refractivity contribution in [3.63, 3.8) is 0 Å². The Balaban J connectivity index is 1.97. The molecule has 1 saturated carbocycles. The molecular weight excluding hydrogens is 117 g/mol. The highest BCUT2D eigenvalue weighted by Gasteiger charge is 2.54. The quantitative estimate of drug-likeness (QED) is 0.516. The van der Waals surface area contributed by atoms with Crippen LogP contribution in [-0.4, -0.2) is 19.3 Å². The van der Waals surface area contributed by atoms with Gasteiger partial charge in [-0.15, -0.1) is 0 Å². The fourth-order valence-electron chi connectivity index (χ4n) is 1.73. The van der Waals surface area contributed by atoms with Crippen LogP contribution in [0.3, 0.4) is 0 Å². The van der Waals surface area contributed by atoms with E-state index in [1.54, 1.807) is 0 Å². The van der Waals surface area contributed by atoms with Crippen LogP contribution in [0.5, 0.6) is 0 Å². The lowest BCUT2D eigenvalue weighted by Gasteiger charge is -2.21. The van der Waals surface area contributed by atoms with Gasteiger partial charge in [0.1, 0.15) is 6.17 Å². The van der Waals surface area contributed by atoms with Crippen molar-refractivity contribution < 1.29 is 4.39 Å². The number of piperidine rings is 1. The second-order valence-corrected chi connectivity index (χ2v) is 3.31. The van der Waals surface area contributed by atoms with Gasteiger partial charge < -0.3 is 5.32 Å². The molecule has 1 nitrogen and oxygen atoms in total. The zero-order valence-electron chi connectivity index (χ0n) is 5.49. The molecule has 0 aromatic heterocycles. The number of nitrogens with one attached hydrogen (secondary N) is 1. The molecule has 2 rings (SSSR count). The highest BCUT2D eigenvalue weighted by atomic mass is 19.1. The van der Waals surface area contributed by atoms with E-state index in [-0.39, 0.29) is 5.41 Å². The van der Waals surface area contributed by atoms with Crippen molar-refractivity contribution in [2.24, 2.45) is 5.41 Å². The molecule has 0 aromatic rings. The molecule has 0 radical (unpaired) electrons. The molecule has 0 aromatic carbocycles. The summed E-state index contributed by atoms with van der Waals surface area (Å²) >= 11 is 0. The molecule has 2 fully saturated rings. The lowest BCUT2D eigenvalue weighted by Crippen LogP contribution is -2.32. The Kier molecular flexibility index (Phi) is 1.06. The van der Waals surface area contributed by atoms with Crippen molar-refractivity contribution in [2.75, 3.05) is 13.1 Å². The minimum absolute atomic E-state index is 0.109. The lowest BCUT2D eigenvalue weighted by molar-refractivity contribution is 0.286. The summed E-state index contributed by atoms with van der Waals surface area (Å²) in [5.74, 6) is 0. The van der Waals surface area contributed by atoms with Gasteiger partial charge >= 0.3 is 0 Å². The van der Waals surface area contributed by atoms with E-state index in [1.807, 2.05) is 0 Å². The fraction of sp³-hybridized carbons (Fsp3) is 1.00. The topological polar surface area (TPSA) is 12.0 Å². The Hall–Kier alpha value is -0.110. The summed E-state index contributed by atoms with van der Waals surface area (Å²) in [6.45, 7) is 2.02. The van der Waals surface area contributed by atoms with E-state index in [0.717, 1.165) is 25.9 Å². The Morgan fingerprint density at radius 2 is 2.33 bits per heavy atom. The van der Waals surface area contributed by atoms with Gasteiger partial charge in [-0.25, -0.2) is 4.39 Å². The minimum Gasteiger partial charge on any atom is -0.316 e. The summed E-state index contributed by atoms with van der Waals surface area (Å²) in [7, 11) is 0. The molecule has 2 atom stereocenters. The Morgan fingerprint density at radius 3 is 2.67 bits per heavy atom. The zero-order chi connectivity index (χ0) is 6.32. The summed E-state index contributed by atoms with van der Waals surface area (Å²) in [5, 5.41) is 3.23. The maximum Gasteiger partial charge on any atom is 0.108 e. The number of hydrogen-bond acceptors (Lipinski definition) is 1. The van der Waals surface area contributed by atoms with Crippen molar-refractivity contribution in [3.05, 3.63) is 0 Å². The Bertz CT molecular complexity index is 118. The largest absolute Gasteiger partial charge is 0.316 e. The number of halogens is 1. The number of hydrogen-bond donors (Lipinski definition) is 1. The van der Waals surface area contributed by atoms with E-state index in [1.165, 1.54) is 6.42 Å². The molecule has 2 unspecified atom stereocenters. The van der Waals surface area contributed by atoms with Gasteiger partial charge in [-0.3, -0.25) is 0 Å². The molecule has 52 valence electrons. The van der Waals surface area contributed by atoms with Gasteiger partial charge in [-0.1, -0.05) is 0 Å². The smallest absolute Gasteiger partial charge is 0.108 e. The SMILES string of the molecule is FC1CC12CCCNC2. The van der Waals surface area contributed by atoms with Crippen LogP contribution in [0.4, 0.5) is 4.39 Å². The second-order valence-electron chi connectivity index (χ2n) is 3.31. The number of alkyl halides is 1. The second kappa shape index (κ2) is 1.69. The monoisotopic (exact) mass is 129 g/mol. The molecule has 2 heteroatoms. The molecule has 1 spiro atoms. The molecule has 2 aliphatic rings. The standard InChI is InChI=1S/C7H12FN/c8-6-4-7(6)2-1-3-9-5-7/h6,9H,1-5H2. The van der Waals surface area contributed by atoms with E-state index in [9.17, 15) is 4.39 Å². The van der Waals surface area contributed by atoms with Crippen LogP contribution in [-0.2, 0) is 0 Å². The Morgan fingerprint density at radius 1 is 1.56 bits per heavy atom. The molecule has 1 aliphatic carbocycles. The highest BCUT2D eigenvalue weighted by molar-refractivity contribution is 5.05. The van der Waals surface area contributed by atoms with Crippen molar-refractivity contribution in [3.8, 4) is 0 Å². The third kappa shape index (κ3) is 0.767. The minimum atomic E-state index is -0.481. The van der Waals surface area contributed by atoms with Crippen LogP contribution in [0.2, 0.25) is 0 Å². The summed E-state index contributed by atoms with van der Waals surface area (Å²) in [4.78, 5) is 0. The van der Waals surface area contributed by atoms with Gasteiger partial charge in [0.05, 0.1) is 0 Å². The molecule has 0 bridgehead atoms. The predicted molar refractivity (Wildman–Crippen MR) is 34.0 cm³/mol. The normalized spacial score (nSPS) is 49.7. The van der Waals surface area contributed by atoms with E-state index in [2.05, 4.69) is 5.32 Å². The zero-order valence-corrected chi connectivity index (χ0v) is 5.49. The van der Waals surface area contributed by atoms with Gasteiger partial charge in [0.15, 0.2) is 0 Å². The molecule has 1 saturated heterocycles. The average molecular weight is 129 g/mol. The van der Waals surface area contributed by atoms with Crippen LogP contribution in [0.1, 0.15) is 19.3 Å². The Labute approximate surface area is 54.6 Å². The molecule has 1 aliphatic heterocycles. The first-order chi connectivity index (χ1) is 4.33. The summed E-state index contributed by atoms with van der Waals surface area (Å²) in [6, 6.07) is 0. The van der Waals surface area contributed by atoms with Crippen molar-refractivity contribution in [2.45, 2.75) is 25.4 Å². The molecule has 1 N–H and O–H groups in total. The van der Waals surface area contributed by atoms with E-state index < -0.39 is 6.17 Å². The van der Waals surface area contributed by atoms with Crippen molar-refractivity contribution in [1.82, 2.24) is 5.32 Å². The van der Waals surface area contributed by atoms with Crippen LogP contribution in [0.25, 0.3) is 0 Å². The van der Waals surface area contributed by atoms with Gasteiger partial charge in [-0.2, -0.15) is 0 Å². The number of rotatable bonds is 0. The molecule has 1 heterocycles. The van der Waals surface area contributed by atoms with Gasteiger partial charge in [0.2, 0.25) is 0 Å². The fourth-order valence-corrected chi connectivity index (χ4v) is 1.73. The molecule has 9 heavy (non-hydrogen) atoms. The predicted octanol–water partition coefficient (Wildman–Crippen LogP) is 1.10. The van der Waals surface area contributed by atoms with E-state index >= 15 is 0 Å². The molecular formula is C7H12FN.